The molecule has 0 spiro atoms. The molecule has 0 saturated heterocycles. The highest BCUT2D eigenvalue weighted by Crippen LogP contribution is 2.23. The number of H-pyrrole nitrogens is 1. The second-order valence-corrected chi connectivity index (χ2v) is 5.62. The first-order valence-electron chi connectivity index (χ1n) is 5.71. The van der Waals surface area contributed by atoms with Gasteiger partial charge in [-0.2, -0.15) is 11.3 Å². The number of amides is 1. The van der Waals surface area contributed by atoms with E-state index in [1.165, 1.54) is 11.3 Å². The predicted molar refractivity (Wildman–Crippen MR) is 78.6 cm³/mol. The number of thiophene rings is 1. The van der Waals surface area contributed by atoms with Crippen LogP contribution in [-0.2, 0) is 11.2 Å². The summed E-state index contributed by atoms with van der Waals surface area (Å²) < 4.78 is 0. The fourth-order valence-corrected chi connectivity index (χ4v) is 3.08. The molecule has 0 aromatic carbocycles. The molecular weight excluding hydrogens is 278 g/mol. The number of nitrogens with zero attached hydrogens (tertiary/aromatic N) is 1. The van der Waals surface area contributed by atoms with Crippen LogP contribution in [0.5, 0.6) is 0 Å². The van der Waals surface area contributed by atoms with E-state index in [4.69, 9.17) is 0 Å². The monoisotopic (exact) mass is 289 g/mol. The van der Waals surface area contributed by atoms with Gasteiger partial charge in [-0.1, -0.05) is 0 Å². The number of anilines is 1. The standard InChI is InChI=1S/C13H11N3OS2/c17-12(6-9-3-5-18-7-9)16-13-15-11(8-19-13)10-2-1-4-14-10/h1-5,7-8,14H,6H2,(H,15,16,17). The first-order valence-corrected chi connectivity index (χ1v) is 7.54. The Bertz CT molecular complexity index is 656. The highest BCUT2D eigenvalue weighted by Gasteiger charge is 2.09. The molecule has 0 radical (unpaired) electrons. The minimum absolute atomic E-state index is 0.0363. The van der Waals surface area contributed by atoms with E-state index in [0.29, 0.717) is 11.6 Å². The van der Waals surface area contributed by atoms with Crippen molar-refractivity contribution in [2.24, 2.45) is 0 Å². The largest absolute Gasteiger partial charge is 0.360 e. The number of aromatic nitrogens is 2. The lowest BCUT2D eigenvalue weighted by atomic mass is 10.2. The molecule has 6 heteroatoms. The van der Waals surface area contributed by atoms with E-state index < -0.39 is 0 Å². The Morgan fingerprint density at radius 1 is 1.37 bits per heavy atom. The number of hydrogen-bond acceptors (Lipinski definition) is 4. The molecule has 19 heavy (non-hydrogen) atoms. The zero-order valence-electron chi connectivity index (χ0n) is 9.92. The van der Waals surface area contributed by atoms with Crippen LogP contribution in [0.25, 0.3) is 11.4 Å². The van der Waals surface area contributed by atoms with Crippen LogP contribution in [0.2, 0.25) is 0 Å². The van der Waals surface area contributed by atoms with Crippen LogP contribution < -0.4 is 5.32 Å². The maximum absolute atomic E-state index is 11.8. The lowest BCUT2D eigenvalue weighted by Gasteiger charge is -1.99. The Labute approximate surface area is 118 Å². The number of carbonyl (C=O) groups is 1. The molecule has 3 aromatic rings. The molecule has 1 amide bonds. The summed E-state index contributed by atoms with van der Waals surface area (Å²) in [5.74, 6) is -0.0363. The third-order valence-corrected chi connectivity index (χ3v) is 4.06. The second-order valence-electron chi connectivity index (χ2n) is 3.98. The van der Waals surface area contributed by atoms with Crippen molar-refractivity contribution in [2.75, 3.05) is 5.32 Å². The summed E-state index contributed by atoms with van der Waals surface area (Å²) >= 11 is 3.02. The molecule has 0 bridgehead atoms. The summed E-state index contributed by atoms with van der Waals surface area (Å²) in [6, 6.07) is 5.83. The molecule has 96 valence electrons. The van der Waals surface area contributed by atoms with Crippen molar-refractivity contribution in [1.29, 1.82) is 0 Å². The minimum Gasteiger partial charge on any atom is -0.360 e. The van der Waals surface area contributed by atoms with Crippen molar-refractivity contribution in [3.8, 4) is 11.4 Å². The van der Waals surface area contributed by atoms with Crippen LogP contribution in [-0.4, -0.2) is 15.9 Å². The first kappa shape index (κ1) is 12.1. The van der Waals surface area contributed by atoms with Gasteiger partial charge in [0.05, 0.1) is 17.8 Å². The second kappa shape index (κ2) is 5.38. The van der Waals surface area contributed by atoms with Gasteiger partial charge in [0.25, 0.3) is 0 Å². The maximum atomic E-state index is 11.8. The summed E-state index contributed by atoms with van der Waals surface area (Å²) in [6.45, 7) is 0. The van der Waals surface area contributed by atoms with E-state index in [0.717, 1.165) is 17.0 Å². The fourth-order valence-electron chi connectivity index (χ4n) is 1.69. The quantitative estimate of drug-likeness (QED) is 0.773. The normalized spacial score (nSPS) is 10.5. The van der Waals surface area contributed by atoms with Crippen molar-refractivity contribution in [1.82, 2.24) is 9.97 Å². The van der Waals surface area contributed by atoms with E-state index >= 15 is 0 Å². The van der Waals surface area contributed by atoms with Crippen molar-refractivity contribution in [3.63, 3.8) is 0 Å². The molecule has 0 fully saturated rings. The van der Waals surface area contributed by atoms with E-state index in [1.807, 2.05) is 40.5 Å². The van der Waals surface area contributed by atoms with Crippen LogP contribution in [0.3, 0.4) is 0 Å². The van der Waals surface area contributed by atoms with Crippen molar-refractivity contribution >= 4 is 33.7 Å². The highest BCUT2D eigenvalue weighted by atomic mass is 32.1. The number of thiazole rings is 1. The van der Waals surface area contributed by atoms with Gasteiger partial charge in [-0.25, -0.2) is 4.98 Å². The predicted octanol–water partition coefficient (Wildman–Crippen LogP) is 3.38. The zero-order chi connectivity index (χ0) is 13.1. The summed E-state index contributed by atoms with van der Waals surface area (Å²) in [5.41, 5.74) is 2.83. The third kappa shape index (κ3) is 2.91. The topological polar surface area (TPSA) is 57.8 Å². The van der Waals surface area contributed by atoms with Gasteiger partial charge in [0, 0.05) is 11.6 Å². The number of carbonyl (C=O) groups excluding carboxylic acids is 1. The first-order chi connectivity index (χ1) is 9.31. The van der Waals surface area contributed by atoms with Crippen LogP contribution >= 0.6 is 22.7 Å². The Balaban J connectivity index is 1.65. The molecule has 0 aliphatic rings. The number of nitrogens with one attached hydrogen (secondary N) is 2. The Hall–Kier alpha value is -1.92. The lowest BCUT2D eigenvalue weighted by molar-refractivity contribution is -0.115. The molecule has 3 aromatic heterocycles. The van der Waals surface area contributed by atoms with Crippen LogP contribution in [0.4, 0.5) is 5.13 Å². The van der Waals surface area contributed by atoms with Crippen LogP contribution in [0.1, 0.15) is 5.56 Å². The molecule has 0 unspecified atom stereocenters. The van der Waals surface area contributed by atoms with Gasteiger partial charge in [-0.05, 0) is 34.5 Å². The van der Waals surface area contributed by atoms with Gasteiger partial charge < -0.3 is 10.3 Å². The van der Waals surface area contributed by atoms with Gasteiger partial charge in [-0.15, -0.1) is 11.3 Å². The average Bonchev–Trinajstić information content (AvgIpc) is 3.09. The van der Waals surface area contributed by atoms with Crippen molar-refractivity contribution < 1.29 is 4.79 Å². The molecule has 0 saturated carbocycles. The number of rotatable bonds is 4. The molecule has 3 rings (SSSR count). The van der Waals surface area contributed by atoms with E-state index in [2.05, 4.69) is 15.3 Å². The summed E-state index contributed by atoms with van der Waals surface area (Å²) in [4.78, 5) is 19.3. The molecule has 3 heterocycles. The SMILES string of the molecule is O=C(Cc1ccsc1)Nc1nc(-c2ccc[nH]2)cs1. The van der Waals surface area contributed by atoms with Gasteiger partial charge in [0.1, 0.15) is 0 Å². The lowest BCUT2D eigenvalue weighted by Crippen LogP contribution is -2.13. The highest BCUT2D eigenvalue weighted by molar-refractivity contribution is 7.14. The third-order valence-electron chi connectivity index (χ3n) is 2.57. The Morgan fingerprint density at radius 2 is 2.32 bits per heavy atom. The molecule has 0 atom stereocenters. The molecule has 2 N–H and O–H groups in total. The van der Waals surface area contributed by atoms with Gasteiger partial charge >= 0.3 is 0 Å². The van der Waals surface area contributed by atoms with E-state index in [-0.39, 0.29) is 5.91 Å². The van der Waals surface area contributed by atoms with Crippen LogP contribution in [0, 0.1) is 0 Å². The Kier molecular flexibility index (Phi) is 3.43. The summed E-state index contributed by atoms with van der Waals surface area (Å²) in [7, 11) is 0. The molecular formula is C13H11N3OS2. The molecule has 4 nitrogen and oxygen atoms in total. The van der Waals surface area contributed by atoms with Gasteiger partial charge in [0.15, 0.2) is 5.13 Å². The molecule has 0 aliphatic heterocycles. The van der Waals surface area contributed by atoms with Gasteiger partial charge in [-0.3, -0.25) is 4.79 Å². The van der Waals surface area contributed by atoms with Crippen molar-refractivity contribution in [2.45, 2.75) is 6.42 Å². The molecule has 0 aliphatic carbocycles. The zero-order valence-corrected chi connectivity index (χ0v) is 11.6. The van der Waals surface area contributed by atoms with Crippen molar-refractivity contribution in [3.05, 3.63) is 46.1 Å². The Morgan fingerprint density at radius 3 is 3.05 bits per heavy atom. The smallest absolute Gasteiger partial charge is 0.230 e. The maximum Gasteiger partial charge on any atom is 0.230 e. The van der Waals surface area contributed by atoms with Gasteiger partial charge in [0.2, 0.25) is 5.91 Å². The summed E-state index contributed by atoms with van der Waals surface area (Å²) in [5, 5.41) is 9.32. The minimum atomic E-state index is -0.0363. The number of hydrogen-bond donors (Lipinski definition) is 2. The fraction of sp³-hybridized carbons (Fsp3) is 0.0769. The van der Waals surface area contributed by atoms with Crippen LogP contribution in [0.15, 0.2) is 40.5 Å². The van der Waals surface area contributed by atoms with E-state index in [9.17, 15) is 4.79 Å². The van der Waals surface area contributed by atoms with E-state index in [1.54, 1.807) is 11.3 Å². The average molecular weight is 289 g/mol. The number of aromatic amines is 1. The summed E-state index contributed by atoms with van der Waals surface area (Å²) in [6.07, 6.45) is 2.24.